The van der Waals surface area contributed by atoms with E-state index in [0.717, 1.165) is 29.7 Å². The van der Waals surface area contributed by atoms with Crippen molar-refractivity contribution in [2.24, 2.45) is 5.92 Å². The number of hydrogen-bond donors (Lipinski definition) is 3. The Kier molecular flexibility index (Phi) is 4.56. The van der Waals surface area contributed by atoms with Crippen LogP contribution >= 0.6 is 0 Å². The lowest BCUT2D eigenvalue weighted by Gasteiger charge is -2.27. The van der Waals surface area contributed by atoms with Crippen LogP contribution in [0.3, 0.4) is 0 Å². The molecule has 1 aromatic heterocycles. The van der Waals surface area contributed by atoms with Crippen LogP contribution in [0.25, 0.3) is 0 Å². The van der Waals surface area contributed by atoms with Crippen molar-refractivity contribution in [3.05, 3.63) is 32.8 Å². The number of carboxylic acids is 1. The highest BCUT2D eigenvalue weighted by Gasteiger charge is 2.27. The molecule has 2 rings (SSSR count). The number of aromatic amines is 1. The zero-order valence-electron chi connectivity index (χ0n) is 11.4. The molecule has 1 saturated carbocycles. The fourth-order valence-electron chi connectivity index (χ4n) is 2.54. The van der Waals surface area contributed by atoms with E-state index in [9.17, 15) is 19.2 Å². The SMILES string of the molecule is O=C(Cn1[nH]c(=O)ccc1=O)NC1CCCC(C(=O)O)C1. The second-order valence-electron chi connectivity index (χ2n) is 5.20. The van der Waals surface area contributed by atoms with Crippen LogP contribution in [-0.2, 0) is 16.1 Å². The van der Waals surface area contributed by atoms with Gasteiger partial charge < -0.3 is 10.4 Å². The third kappa shape index (κ3) is 4.04. The largest absolute Gasteiger partial charge is 0.481 e. The molecule has 0 aliphatic heterocycles. The fourth-order valence-corrected chi connectivity index (χ4v) is 2.54. The van der Waals surface area contributed by atoms with E-state index in [0.29, 0.717) is 12.8 Å². The minimum absolute atomic E-state index is 0.210. The van der Waals surface area contributed by atoms with Crippen molar-refractivity contribution in [2.45, 2.75) is 38.3 Å². The molecule has 21 heavy (non-hydrogen) atoms. The van der Waals surface area contributed by atoms with Crippen molar-refractivity contribution in [3.8, 4) is 0 Å². The lowest BCUT2D eigenvalue weighted by atomic mass is 9.86. The van der Waals surface area contributed by atoms with Gasteiger partial charge in [-0.25, -0.2) is 4.68 Å². The smallest absolute Gasteiger partial charge is 0.306 e. The highest BCUT2D eigenvalue weighted by molar-refractivity contribution is 5.76. The van der Waals surface area contributed by atoms with E-state index in [4.69, 9.17) is 5.11 Å². The van der Waals surface area contributed by atoms with Gasteiger partial charge in [-0.1, -0.05) is 6.42 Å². The molecule has 1 amide bonds. The summed E-state index contributed by atoms with van der Waals surface area (Å²) >= 11 is 0. The minimum atomic E-state index is -0.849. The number of aliphatic carboxylic acids is 1. The molecule has 1 aromatic rings. The number of carboxylic acid groups (broad SMARTS) is 1. The maximum atomic E-state index is 11.9. The Morgan fingerprint density at radius 2 is 2.10 bits per heavy atom. The summed E-state index contributed by atoms with van der Waals surface area (Å²) in [6.45, 7) is -0.289. The van der Waals surface area contributed by atoms with Crippen LogP contribution in [0.4, 0.5) is 0 Å². The van der Waals surface area contributed by atoms with Crippen LogP contribution in [0, 0.1) is 5.92 Å². The molecule has 1 heterocycles. The highest BCUT2D eigenvalue weighted by Crippen LogP contribution is 2.24. The summed E-state index contributed by atoms with van der Waals surface area (Å²) in [7, 11) is 0. The molecule has 8 heteroatoms. The average molecular weight is 295 g/mol. The van der Waals surface area contributed by atoms with E-state index >= 15 is 0 Å². The number of hydrogen-bond acceptors (Lipinski definition) is 4. The fraction of sp³-hybridized carbons (Fsp3) is 0.538. The molecule has 0 aromatic carbocycles. The van der Waals surface area contributed by atoms with Gasteiger partial charge in [0.1, 0.15) is 6.54 Å². The quantitative estimate of drug-likeness (QED) is 0.678. The highest BCUT2D eigenvalue weighted by atomic mass is 16.4. The Morgan fingerprint density at radius 1 is 1.33 bits per heavy atom. The number of carbonyl (C=O) groups excluding carboxylic acids is 1. The van der Waals surface area contributed by atoms with Gasteiger partial charge in [-0.3, -0.25) is 24.3 Å². The number of carbonyl (C=O) groups is 2. The summed E-state index contributed by atoms with van der Waals surface area (Å²) in [5.41, 5.74) is -0.942. The molecule has 3 N–H and O–H groups in total. The Hall–Kier alpha value is -2.38. The zero-order valence-corrected chi connectivity index (χ0v) is 11.4. The van der Waals surface area contributed by atoms with Gasteiger partial charge in [-0.2, -0.15) is 0 Å². The summed E-state index contributed by atoms with van der Waals surface area (Å²) in [5, 5.41) is 14.0. The number of nitrogens with zero attached hydrogens (tertiary/aromatic N) is 1. The summed E-state index contributed by atoms with van der Waals surface area (Å²) in [6, 6.07) is 1.97. The Balaban J connectivity index is 1.95. The predicted octanol–water partition coefficient (Wildman–Crippen LogP) is -0.704. The van der Waals surface area contributed by atoms with Crippen molar-refractivity contribution in [2.75, 3.05) is 0 Å². The number of aromatic nitrogens is 2. The first-order chi connectivity index (χ1) is 9.95. The van der Waals surface area contributed by atoms with Gasteiger partial charge in [0.2, 0.25) is 5.91 Å². The molecule has 1 aliphatic rings. The van der Waals surface area contributed by atoms with Gasteiger partial charge in [0.25, 0.3) is 11.1 Å². The van der Waals surface area contributed by atoms with Crippen molar-refractivity contribution < 1.29 is 14.7 Å². The molecular weight excluding hydrogens is 278 g/mol. The molecular formula is C13H17N3O5. The van der Waals surface area contributed by atoms with Gasteiger partial charge in [0.05, 0.1) is 5.92 Å². The Morgan fingerprint density at radius 3 is 2.81 bits per heavy atom. The summed E-state index contributed by atoms with van der Waals surface area (Å²) in [4.78, 5) is 45.4. The Labute approximate surface area is 119 Å². The minimum Gasteiger partial charge on any atom is -0.481 e. The topological polar surface area (TPSA) is 121 Å². The first kappa shape index (κ1) is 15.0. The Bertz CT molecular complexity index is 648. The summed E-state index contributed by atoms with van der Waals surface area (Å²) in [6.07, 6.45) is 2.47. The molecule has 0 bridgehead atoms. The second-order valence-corrected chi connectivity index (χ2v) is 5.20. The maximum Gasteiger partial charge on any atom is 0.306 e. The van der Waals surface area contributed by atoms with Crippen molar-refractivity contribution >= 4 is 11.9 Å². The maximum absolute atomic E-state index is 11.9. The third-order valence-corrected chi connectivity index (χ3v) is 3.58. The number of rotatable bonds is 4. The van der Waals surface area contributed by atoms with Gasteiger partial charge in [-0.05, 0) is 19.3 Å². The van der Waals surface area contributed by atoms with E-state index in [1.165, 1.54) is 0 Å². The van der Waals surface area contributed by atoms with E-state index in [-0.39, 0.29) is 12.6 Å². The van der Waals surface area contributed by atoms with Gasteiger partial charge in [-0.15, -0.1) is 0 Å². The third-order valence-electron chi connectivity index (χ3n) is 3.58. The van der Waals surface area contributed by atoms with Gasteiger partial charge in [0, 0.05) is 18.2 Å². The van der Waals surface area contributed by atoms with E-state index in [1.807, 2.05) is 0 Å². The molecule has 0 radical (unpaired) electrons. The van der Waals surface area contributed by atoms with Gasteiger partial charge >= 0.3 is 5.97 Å². The first-order valence-corrected chi connectivity index (χ1v) is 6.78. The molecule has 2 atom stereocenters. The molecule has 114 valence electrons. The normalized spacial score (nSPS) is 21.7. The van der Waals surface area contributed by atoms with E-state index in [2.05, 4.69) is 10.4 Å². The van der Waals surface area contributed by atoms with Crippen LogP contribution < -0.4 is 16.4 Å². The molecule has 8 nitrogen and oxygen atoms in total. The lowest BCUT2D eigenvalue weighted by molar-refractivity contribution is -0.143. The first-order valence-electron chi connectivity index (χ1n) is 6.78. The van der Waals surface area contributed by atoms with Crippen LogP contribution in [0.1, 0.15) is 25.7 Å². The van der Waals surface area contributed by atoms with Crippen LogP contribution in [0.15, 0.2) is 21.7 Å². The van der Waals surface area contributed by atoms with Crippen LogP contribution in [-0.4, -0.2) is 32.8 Å². The monoisotopic (exact) mass is 295 g/mol. The molecule has 1 aliphatic carbocycles. The second kappa shape index (κ2) is 6.38. The number of nitrogens with one attached hydrogen (secondary N) is 2. The van der Waals surface area contributed by atoms with Crippen LogP contribution in [0.5, 0.6) is 0 Å². The molecule has 1 fully saturated rings. The summed E-state index contributed by atoms with van der Waals surface area (Å²) in [5.74, 6) is -1.71. The van der Waals surface area contributed by atoms with Gasteiger partial charge in [0.15, 0.2) is 0 Å². The average Bonchev–Trinajstić information content (AvgIpc) is 2.43. The molecule has 0 spiro atoms. The zero-order chi connectivity index (χ0) is 15.4. The summed E-state index contributed by atoms with van der Waals surface area (Å²) < 4.78 is 0.926. The number of H-pyrrole nitrogens is 1. The number of amides is 1. The molecule has 2 unspecified atom stereocenters. The van der Waals surface area contributed by atoms with Crippen LogP contribution in [0.2, 0.25) is 0 Å². The van der Waals surface area contributed by atoms with Crippen molar-refractivity contribution in [1.82, 2.24) is 15.1 Å². The van der Waals surface area contributed by atoms with E-state index in [1.54, 1.807) is 0 Å². The van der Waals surface area contributed by atoms with Crippen molar-refractivity contribution in [1.29, 1.82) is 0 Å². The lowest BCUT2D eigenvalue weighted by Crippen LogP contribution is -2.43. The van der Waals surface area contributed by atoms with Crippen molar-refractivity contribution in [3.63, 3.8) is 0 Å². The standard InChI is InChI=1S/C13H17N3O5/c17-10-4-5-12(19)16(15-10)7-11(18)14-9-3-1-2-8(6-9)13(20)21/h4-5,8-9H,1-3,6-7H2,(H,14,18)(H,15,17)(H,20,21). The predicted molar refractivity (Wildman–Crippen MR) is 72.8 cm³/mol. The molecule has 0 saturated heterocycles. The van der Waals surface area contributed by atoms with E-state index < -0.39 is 28.9 Å².